The van der Waals surface area contributed by atoms with Crippen molar-refractivity contribution in [2.75, 3.05) is 6.54 Å². The van der Waals surface area contributed by atoms with Crippen molar-refractivity contribution in [1.29, 1.82) is 0 Å². The predicted octanol–water partition coefficient (Wildman–Crippen LogP) is 8.15. The molecule has 5 aliphatic carbocycles. The molecule has 39 heavy (non-hydrogen) atoms. The first kappa shape index (κ1) is 28.7. The average molecular weight is 540 g/mol. The van der Waals surface area contributed by atoms with Crippen LogP contribution in [0.5, 0.6) is 0 Å². The van der Waals surface area contributed by atoms with E-state index in [4.69, 9.17) is 4.74 Å². The molecular weight excluding hydrogens is 486 g/mol. The number of carbonyl (C=O) groups excluding carboxylic acids is 1. The van der Waals surface area contributed by atoms with Gasteiger partial charge in [-0.1, -0.05) is 66.2 Å². The Kier molecular flexibility index (Phi) is 6.71. The molecule has 0 unspecified atom stereocenters. The van der Waals surface area contributed by atoms with Crippen molar-refractivity contribution in [1.82, 2.24) is 5.32 Å². The molecule has 0 aromatic carbocycles. The number of fused-ring (bicyclic) bond motifs is 7. The maximum Gasteiger partial charge on any atom is 0.407 e. The van der Waals surface area contributed by atoms with Crippen molar-refractivity contribution in [3.05, 3.63) is 24.3 Å². The number of nitrogens with one attached hydrogen (secondary N) is 1. The number of rotatable bonds is 4. The van der Waals surface area contributed by atoms with Crippen LogP contribution in [0.3, 0.4) is 0 Å². The molecule has 218 valence electrons. The van der Waals surface area contributed by atoms with E-state index in [1.807, 2.05) is 0 Å². The summed E-state index contributed by atoms with van der Waals surface area (Å²) < 4.78 is 6.02. The van der Waals surface area contributed by atoms with E-state index < -0.39 is 11.4 Å². The van der Waals surface area contributed by atoms with E-state index >= 15 is 0 Å². The first-order valence-electron chi connectivity index (χ1n) is 15.6. The number of hydrogen-bond donors (Lipinski definition) is 2. The van der Waals surface area contributed by atoms with Crippen LogP contribution in [0.2, 0.25) is 0 Å². The maximum absolute atomic E-state index is 12.9. The Morgan fingerprint density at radius 1 is 1.00 bits per heavy atom. The second kappa shape index (κ2) is 9.11. The lowest BCUT2D eigenvalue weighted by molar-refractivity contribution is -0.205. The van der Waals surface area contributed by atoms with Crippen LogP contribution in [-0.2, 0) is 9.53 Å². The fourth-order valence-corrected chi connectivity index (χ4v) is 11.1. The lowest BCUT2D eigenvalue weighted by atomic mass is 9.33. The van der Waals surface area contributed by atoms with Gasteiger partial charge in [-0.3, -0.25) is 4.79 Å². The van der Waals surface area contributed by atoms with Gasteiger partial charge in [0.05, 0.1) is 5.41 Å². The Bertz CT molecular complexity index is 1080. The highest BCUT2D eigenvalue weighted by Crippen LogP contribution is 2.75. The molecule has 0 spiro atoms. The van der Waals surface area contributed by atoms with Gasteiger partial charge in [-0.05, 0) is 104 Å². The molecule has 0 aromatic heterocycles. The van der Waals surface area contributed by atoms with Gasteiger partial charge in [0, 0.05) is 12.0 Å². The van der Waals surface area contributed by atoms with Crippen LogP contribution in [0, 0.1) is 50.2 Å². The summed E-state index contributed by atoms with van der Waals surface area (Å²) in [6.45, 7) is 21.0. The number of aliphatic carboxylic acids is 1. The van der Waals surface area contributed by atoms with Gasteiger partial charge in [0.25, 0.3) is 0 Å². The zero-order chi connectivity index (χ0) is 28.6. The third-order valence-electron chi connectivity index (χ3n) is 13.6. The summed E-state index contributed by atoms with van der Waals surface area (Å²) in [7, 11) is 0. The number of carbonyl (C=O) groups is 2. The summed E-state index contributed by atoms with van der Waals surface area (Å²) in [4.78, 5) is 25.3. The van der Waals surface area contributed by atoms with Gasteiger partial charge in [-0.2, -0.15) is 0 Å². The Labute approximate surface area is 236 Å². The van der Waals surface area contributed by atoms with E-state index in [-0.39, 0.29) is 45.2 Å². The third kappa shape index (κ3) is 3.98. The van der Waals surface area contributed by atoms with Gasteiger partial charge in [0.1, 0.15) is 6.10 Å². The highest BCUT2D eigenvalue weighted by molar-refractivity contribution is 5.76. The third-order valence-corrected chi connectivity index (χ3v) is 13.6. The van der Waals surface area contributed by atoms with E-state index in [9.17, 15) is 14.7 Å². The van der Waals surface area contributed by atoms with Gasteiger partial charge in [0.15, 0.2) is 0 Å². The van der Waals surface area contributed by atoms with Crippen LogP contribution >= 0.6 is 0 Å². The molecule has 0 radical (unpaired) electrons. The summed E-state index contributed by atoms with van der Waals surface area (Å²) in [5, 5.41) is 13.4. The first-order chi connectivity index (χ1) is 18.1. The zero-order valence-electron chi connectivity index (χ0n) is 25.6. The minimum absolute atomic E-state index is 0.0308. The fourth-order valence-electron chi connectivity index (χ4n) is 11.1. The van der Waals surface area contributed by atoms with Crippen molar-refractivity contribution in [2.45, 2.75) is 119 Å². The van der Waals surface area contributed by atoms with Crippen LogP contribution in [0.4, 0.5) is 4.79 Å². The molecule has 5 nitrogen and oxygen atoms in total. The number of alkyl carbamates (subject to hydrolysis) is 1. The Morgan fingerprint density at radius 3 is 2.36 bits per heavy atom. The molecule has 0 saturated heterocycles. The van der Waals surface area contributed by atoms with Crippen molar-refractivity contribution >= 4 is 12.1 Å². The van der Waals surface area contributed by atoms with Gasteiger partial charge < -0.3 is 15.2 Å². The number of ether oxygens (including phenoxy) is 1. The van der Waals surface area contributed by atoms with Gasteiger partial charge in [0.2, 0.25) is 0 Å². The summed E-state index contributed by atoms with van der Waals surface area (Å²) in [6, 6.07) is 0. The molecule has 0 aliphatic heterocycles. The van der Waals surface area contributed by atoms with E-state index in [1.54, 1.807) is 6.08 Å². The summed E-state index contributed by atoms with van der Waals surface area (Å²) in [5.41, 5.74) is 1.30. The number of carboxylic acids is 1. The van der Waals surface area contributed by atoms with Gasteiger partial charge in [-0.25, -0.2) is 4.79 Å². The largest absolute Gasteiger partial charge is 0.481 e. The smallest absolute Gasteiger partial charge is 0.407 e. The Balaban J connectivity index is 1.48. The predicted molar refractivity (Wildman–Crippen MR) is 155 cm³/mol. The quantitative estimate of drug-likeness (QED) is 0.353. The maximum atomic E-state index is 12.9. The topological polar surface area (TPSA) is 75.6 Å². The van der Waals surface area contributed by atoms with Crippen LogP contribution < -0.4 is 5.32 Å². The highest BCUT2D eigenvalue weighted by Gasteiger charge is 2.69. The monoisotopic (exact) mass is 539 g/mol. The van der Waals surface area contributed by atoms with E-state index in [0.29, 0.717) is 18.4 Å². The molecule has 2 N–H and O–H groups in total. The van der Waals surface area contributed by atoms with Crippen molar-refractivity contribution < 1.29 is 19.4 Å². The summed E-state index contributed by atoms with van der Waals surface area (Å²) in [6.07, 6.45) is 13.7. The normalized spacial score (nSPS) is 45.8. The molecule has 0 heterocycles. The number of carboxylic acid groups (broad SMARTS) is 1. The van der Waals surface area contributed by atoms with Crippen LogP contribution in [0.1, 0.15) is 113 Å². The average Bonchev–Trinajstić information content (AvgIpc) is 2.84. The minimum atomic E-state index is -0.589. The first-order valence-corrected chi connectivity index (χ1v) is 15.6. The molecule has 0 aromatic rings. The lowest BCUT2D eigenvalue weighted by Crippen LogP contribution is -2.65. The zero-order valence-corrected chi connectivity index (χ0v) is 25.6. The second-order valence-electron chi connectivity index (χ2n) is 16.1. The molecular formula is C34H53NO4. The van der Waals surface area contributed by atoms with Gasteiger partial charge in [-0.15, -0.1) is 6.58 Å². The van der Waals surface area contributed by atoms with Crippen LogP contribution in [0.25, 0.3) is 0 Å². The van der Waals surface area contributed by atoms with Crippen molar-refractivity contribution in [3.63, 3.8) is 0 Å². The molecule has 8 atom stereocenters. The standard InChI is InChI=1S/C34H53NO4/c1-9-20-35-28(38)39-26-13-14-31(6)24(30(26,4)5)12-15-33(8)25(31)11-10-22-23-21-29(2,3)16-18-34(23,27(36)37)19-17-32(22,33)7/h9-10,23-26H,1,11-21H2,2-8H3,(H,35,38)(H,36,37)/t23-,24+,25-,26+,31+,32-,33-,34+/m1/s1. The Morgan fingerprint density at radius 2 is 1.69 bits per heavy atom. The number of hydrogen-bond acceptors (Lipinski definition) is 3. The second-order valence-corrected chi connectivity index (χ2v) is 16.1. The molecule has 0 bridgehead atoms. The minimum Gasteiger partial charge on any atom is -0.481 e. The van der Waals surface area contributed by atoms with E-state index in [0.717, 1.165) is 64.2 Å². The molecule has 1 amide bonds. The SMILES string of the molecule is C=CCNC(=O)O[C@H]1CC[C@]2(C)[C@H]3CC=C4[C@H]5CC(C)(C)CC[C@]5(C(=O)O)CC[C@@]4(C)[C@]3(C)CC[C@H]2C1(C)C. The molecule has 5 heteroatoms. The summed E-state index contributed by atoms with van der Waals surface area (Å²) >= 11 is 0. The number of amides is 1. The van der Waals surface area contributed by atoms with E-state index in [2.05, 4.69) is 66.4 Å². The van der Waals surface area contributed by atoms with Crippen LogP contribution in [0.15, 0.2) is 24.3 Å². The molecule has 4 fully saturated rings. The van der Waals surface area contributed by atoms with Crippen LogP contribution in [-0.4, -0.2) is 29.8 Å². The van der Waals surface area contributed by atoms with Gasteiger partial charge >= 0.3 is 12.1 Å². The number of allylic oxidation sites excluding steroid dienone is 2. The van der Waals surface area contributed by atoms with Crippen molar-refractivity contribution in [2.24, 2.45) is 50.2 Å². The summed E-state index contributed by atoms with van der Waals surface area (Å²) in [5.74, 6) is 0.602. The highest BCUT2D eigenvalue weighted by atomic mass is 16.6. The Hall–Kier alpha value is -1.78. The molecule has 4 saturated carbocycles. The molecule has 5 rings (SSSR count). The van der Waals surface area contributed by atoms with Crippen molar-refractivity contribution in [3.8, 4) is 0 Å². The fraction of sp³-hybridized carbons (Fsp3) is 0.824. The molecule has 5 aliphatic rings. The lowest BCUT2D eigenvalue weighted by Gasteiger charge is -2.71. The van der Waals surface area contributed by atoms with E-state index in [1.165, 1.54) is 5.57 Å².